The molecule has 4 heterocycles. The van der Waals surface area contributed by atoms with E-state index in [4.69, 9.17) is 34.6 Å². The Hall–Kier alpha value is -0.320. The normalized spacial score (nSPS) is 26.8. The van der Waals surface area contributed by atoms with Crippen molar-refractivity contribution in [3.05, 3.63) is 0 Å². The summed E-state index contributed by atoms with van der Waals surface area (Å²) in [6.45, 7) is 10.3. The van der Waals surface area contributed by atoms with Crippen molar-refractivity contribution >= 4 is 0 Å². The number of aliphatic hydroxyl groups excluding tert-OH is 4. The van der Waals surface area contributed by atoms with Crippen LogP contribution >= 0.6 is 0 Å². The molecule has 4 rings (SSSR count). The lowest BCUT2D eigenvalue weighted by Gasteiger charge is -2.38. The molecule has 0 amide bonds. The average Bonchev–Trinajstić information content (AvgIpc) is 3.38. The number of ether oxygens (including phenoxy) is 4. The molecule has 4 aliphatic rings. The van der Waals surface area contributed by atoms with E-state index in [1.165, 1.54) is 0 Å². The van der Waals surface area contributed by atoms with E-state index in [-0.39, 0.29) is 36.8 Å². The lowest BCUT2D eigenvalue weighted by molar-refractivity contribution is -0.138. The predicted molar refractivity (Wildman–Crippen MR) is 94.9 cm³/mol. The maximum atomic E-state index is 8.76. The monoisotopic (exact) mass is 380 g/mol. The molecule has 8 heteroatoms. The summed E-state index contributed by atoms with van der Waals surface area (Å²) in [6.07, 6.45) is 1.22. The van der Waals surface area contributed by atoms with E-state index in [2.05, 4.69) is 11.7 Å². The van der Waals surface area contributed by atoms with E-state index in [0.29, 0.717) is 12.5 Å². The molecule has 1 unspecified atom stereocenters. The van der Waals surface area contributed by atoms with Gasteiger partial charge < -0.3 is 39.4 Å². The zero-order valence-electron chi connectivity index (χ0n) is 16.1. The summed E-state index contributed by atoms with van der Waals surface area (Å²) < 4.78 is 19.2. The van der Waals surface area contributed by atoms with Gasteiger partial charge in [0.25, 0.3) is 0 Å². The van der Waals surface area contributed by atoms with Crippen molar-refractivity contribution in [3.8, 4) is 0 Å². The summed E-state index contributed by atoms with van der Waals surface area (Å²) in [5.74, 6) is 0.449. The first kappa shape index (κ1) is 23.7. The second kappa shape index (κ2) is 12.2. The van der Waals surface area contributed by atoms with E-state index < -0.39 is 0 Å². The topological polar surface area (TPSA) is 121 Å². The van der Waals surface area contributed by atoms with Gasteiger partial charge in [0.2, 0.25) is 0 Å². The molecule has 0 spiro atoms. The van der Waals surface area contributed by atoms with Gasteiger partial charge in [0.15, 0.2) is 0 Å². The first-order valence-electron chi connectivity index (χ1n) is 9.24. The van der Waals surface area contributed by atoms with Crippen molar-refractivity contribution in [2.24, 2.45) is 16.7 Å². The molecule has 1 atom stereocenters. The van der Waals surface area contributed by atoms with Crippen LogP contribution in [0.25, 0.3) is 0 Å². The summed E-state index contributed by atoms with van der Waals surface area (Å²) in [5.41, 5.74) is 0.236. The molecule has 8 nitrogen and oxygen atoms in total. The first-order valence-corrected chi connectivity index (χ1v) is 9.24. The van der Waals surface area contributed by atoms with Gasteiger partial charge in [-0.3, -0.25) is 0 Å². The smallest absolute Gasteiger partial charge is 0.104 e. The van der Waals surface area contributed by atoms with E-state index in [0.717, 1.165) is 52.7 Å². The Morgan fingerprint density at radius 3 is 1.38 bits per heavy atom. The van der Waals surface area contributed by atoms with Gasteiger partial charge in [-0.15, -0.1) is 0 Å². The quantitative estimate of drug-likeness (QED) is 0.468. The third kappa shape index (κ3) is 8.58. The molecule has 0 radical (unpaired) electrons. The predicted octanol–water partition coefficient (Wildman–Crippen LogP) is -0.577. The number of epoxide rings is 1. The Morgan fingerprint density at radius 2 is 1.38 bits per heavy atom. The van der Waals surface area contributed by atoms with Gasteiger partial charge in [0, 0.05) is 16.7 Å². The summed E-state index contributed by atoms with van der Waals surface area (Å²) in [7, 11) is 0. The molecular formula is C18H36O8. The van der Waals surface area contributed by atoms with Gasteiger partial charge in [0.05, 0.1) is 72.7 Å². The Kier molecular flexibility index (Phi) is 11.1. The maximum Gasteiger partial charge on any atom is 0.104 e. The summed E-state index contributed by atoms with van der Waals surface area (Å²) in [6, 6.07) is 0. The molecular weight excluding hydrogens is 344 g/mol. The zero-order chi connectivity index (χ0) is 19.5. The van der Waals surface area contributed by atoms with Gasteiger partial charge >= 0.3 is 0 Å². The van der Waals surface area contributed by atoms with Gasteiger partial charge in [-0.25, -0.2) is 0 Å². The van der Waals surface area contributed by atoms with Crippen molar-refractivity contribution in [2.45, 2.75) is 26.4 Å². The molecule has 0 aromatic carbocycles. The Balaban J connectivity index is 0.000000176. The number of aliphatic hydroxyl groups is 4. The van der Waals surface area contributed by atoms with Gasteiger partial charge in [-0.1, -0.05) is 13.8 Å². The largest absolute Gasteiger partial charge is 0.396 e. The highest BCUT2D eigenvalue weighted by atomic mass is 16.6. The summed E-state index contributed by atoms with van der Waals surface area (Å²) in [5, 5.41) is 33.7. The van der Waals surface area contributed by atoms with E-state index in [9.17, 15) is 0 Å². The number of rotatable bonds is 5. The molecule has 26 heavy (non-hydrogen) atoms. The van der Waals surface area contributed by atoms with E-state index in [1.54, 1.807) is 0 Å². The zero-order valence-corrected chi connectivity index (χ0v) is 16.1. The molecule has 4 aliphatic heterocycles. The second-order valence-corrected chi connectivity index (χ2v) is 7.69. The lowest BCUT2D eigenvalue weighted by Crippen LogP contribution is -2.44. The van der Waals surface area contributed by atoms with Crippen LogP contribution in [0.2, 0.25) is 0 Å². The lowest BCUT2D eigenvalue weighted by atomic mass is 9.84. The van der Waals surface area contributed by atoms with Gasteiger partial charge in [-0.2, -0.15) is 0 Å². The van der Waals surface area contributed by atoms with E-state index >= 15 is 0 Å². The first-order chi connectivity index (χ1) is 12.5. The van der Waals surface area contributed by atoms with E-state index in [1.807, 2.05) is 6.92 Å². The fourth-order valence-electron chi connectivity index (χ4n) is 1.90. The minimum atomic E-state index is 0.0972. The molecule has 0 aromatic rings. The molecule has 4 N–H and O–H groups in total. The maximum absolute atomic E-state index is 8.76. The number of hydrogen-bond acceptors (Lipinski definition) is 8. The van der Waals surface area contributed by atoms with Crippen LogP contribution in [0.4, 0.5) is 0 Å². The highest BCUT2D eigenvalue weighted by Crippen LogP contribution is 2.29. The van der Waals surface area contributed by atoms with Crippen molar-refractivity contribution in [1.82, 2.24) is 0 Å². The molecule has 4 saturated heterocycles. The Morgan fingerprint density at radius 1 is 0.808 bits per heavy atom. The van der Waals surface area contributed by atoms with Crippen LogP contribution in [0.3, 0.4) is 0 Å². The van der Waals surface area contributed by atoms with Crippen LogP contribution < -0.4 is 0 Å². The third-order valence-corrected chi connectivity index (χ3v) is 4.76. The highest BCUT2D eigenvalue weighted by Gasteiger charge is 2.35. The fraction of sp³-hybridized carbons (Fsp3) is 1.00. The van der Waals surface area contributed by atoms with Crippen LogP contribution in [-0.2, 0) is 18.9 Å². The molecule has 4 fully saturated rings. The minimum Gasteiger partial charge on any atom is -0.396 e. The number of hydrogen-bond donors (Lipinski definition) is 4. The van der Waals surface area contributed by atoms with Crippen molar-refractivity contribution in [1.29, 1.82) is 0 Å². The second-order valence-electron chi connectivity index (χ2n) is 7.69. The minimum absolute atomic E-state index is 0.0972. The van der Waals surface area contributed by atoms with Crippen LogP contribution in [0.1, 0.15) is 20.3 Å². The molecule has 156 valence electrons. The average molecular weight is 380 g/mol. The van der Waals surface area contributed by atoms with Crippen LogP contribution in [0.5, 0.6) is 0 Å². The van der Waals surface area contributed by atoms with Crippen molar-refractivity contribution < 1.29 is 39.4 Å². The van der Waals surface area contributed by atoms with Crippen LogP contribution in [0.15, 0.2) is 0 Å². The van der Waals surface area contributed by atoms with Crippen molar-refractivity contribution in [2.75, 3.05) is 72.7 Å². The third-order valence-electron chi connectivity index (χ3n) is 4.76. The van der Waals surface area contributed by atoms with Gasteiger partial charge in [0.1, 0.15) is 6.10 Å². The standard InChI is InChI=1S/C6H12O2.C5H10O2.C4H8O2.C3H6O2/c1-2-6(3-7)4-8-5-6;1-5(2-6)3-7-4-5;5-1-4-2-6-3-4;4-1-3-2-5-3/h7H,2-5H2,1H3;6H,2-4H2,1H3;4-5H,1-3H2;3-4H,1-2H2. The highest BCUT2D eigenvalue weighted by molar-refractivity contribution is 4.82. The van der Waals surface area contributed by atoms with Crippen LogP contribution in [-0.4, -0.2) is 99.2 Å². The van der Waals surface area contributed by atoms with Crippen molar-refractivity contribution in [3.63, 3.8) is 0 Å². The molecule has 0 aromatic heterocycles. The van der Waals surface area contributed by atoms with Crippen LogP contribution in [0, 0.1) is 16.7 Å². The SMILES string of the molecule is CC1(CO)COC1.CCC1(CO)COC1.OCC1CO1.OCC1COC1. The summed E-state index contributed by atoms with van der Waals surface area (Å²) >= 11 is 0. The fourth-order valence-corrected chi connectivity index (χ4v) is 1.90. The Labute approximate surface area is 156 Å². The summed E-state index contributed by atoms with van der Waals surface area (Å²) in [4.78, 5) is 0. The molecule has 0 saturated carbocycles. The van der Waals surface area contributed by atoms with Gasteiger partial charge in [-0.05, 0) is 6.42 Å². The molecule has 0 bridgehead atoms. The molecule has 0 aliphatic carbocycles. The Bertz CT molecular complexity index is 327.